The van der Waals surface area contributed by atoms with Gasteiger partial charge in [-0.15, -0.1) is 11.3 Å². The summed E-state index contributed by atoms with van der Waals surface area (Å²) in [7, 11) is 2.16. The fourth-order valence-corrected chi connectivity index (χ4v) is 4.26. The van der Waals surface area contributed by atoms with E-state index in [0.717, 1.165) is 44.3 Å². The van der Waals surface area contributed by atoms with Crippen molar-refractivity contribution < 1.29 is 4.79 Å². The molecule has 0 aromatic carbocycles. The maximum absolute atomic E-state index is 12.3. The van der Waals surface area contributed by atoms with Gasteiger partial charge >= 0.3 is 0 Å². The first-order chi connectivity index (χ1) is 11.1. The van der Waals surface area contributed by atoms with Crippen molar-refractivity contribution in [1.82, 2.24) is 14.8 Å². The molecule has 2 saturated carbocycles. The van der Waals surface area contributed by atoms with Gasteiger partial charge in [0.25, 0.3) is 0 Å². The Balaban J connectivity index is 1.27. The molecule has 6 heteroatoms. The highest BCUT2D eigenvalue weighted by molar-refractivity contribution is 7.13. The molecule has 0 unspecified atom stereocenters. The summed E-state index contributed by atoms with van der Waals surface area (Å²) in [5, 5.41) is 3.34. The number of nitrogens with zero attached hydrogens (tertiary/aromatic N) is 4. The lowest BCUT2D eigenvalue weighted by Gasteiger charge is -2.34. The van der Waals surface area contributed by atoms with E-state index in [1.54, 1.807) is 11.3 Å². The SMILES string of the molecule is C[C@@H]1C[C@H]1C(=O)N1CCN(Cc2csc(N(C)C3CC3)n2)CC1. The van der Waals surface area contributed by atoms with Crippen LogP contribution >= 0.6 is 11.3 Å². The van der Waals surface area contributed by atoms with Crippen LogP contribution in [0.5, 0.6) is 0 Å². The van der Waals surface area contributed by atoms with Gasteiger partial charge in [-0.05, 0) is 25.2 Å². The number of piperazine rings is 1. The zero-order valence-electron chi connectivity index (χ0n) is 14.1. The van der Waals surface area contributed by atoms with Crippen LogP contribution in [-0.4, -0.2) is 60.0 Å². The minimum Gasteiger partial charge on any atom is -0.348 e. The maximum atomic E-state index is 12.3. The topological polar surface area (TPSA) is 39.7 Å². The second-order valence-electron chi connectivity index (χ2n) is 7.38. The van der Waals surface area contributed by atoms with Crippen LogP contribution in [-0.2, 0) is 11.3 Å². The fraction of sp³-hybridized carbons (Fsp3) is 0.765. The van der Waals surface area contributed by atoms with Gasteiger partial charge in [-0.1, -0.05) is 6.92 Å². The monoisotopic (exact) mass is 334 g/mol. The Morgan fingerprint density at radius 2 is 2.04 bits per heavy atom. The van der Waals surface area contributed by atoms with Gasteiger partial charge in [0.2, 0.25) is 5.91 Å². The molecule has 0 spiro atoms. The molecule has 2 heterocycles. The molecular formula is C17H26N4OS. The molecule has 4 rings (SSSR count). The molecule has 1 aliphatic heterocycles. The van der Waals surface area contributed by atoms with E-state index < -0.39 is 0 Å². The molecule has 23 heavy (non-hydrogen) atoms. The third-order valence-corrected chi connectivity index (χ3v) is 6.41. The zero-order valence-corrected chi connectivity index (χ0v) is 14.9. The second-order valence-corrected chi connectivity index (χ2v) is 8.22. The summed E-state index contributed by atoms with van der Waals surface area (Å²) in [5.41, 5.74) is 1.17. The zero-order chi connectivity index (χ0) is 16.0. The summed E-state index contributed by atoms with van der Waals surface area (Å²) in [6.45, 7) is 6.78. The highest BCUT2D eigenvalue weighted by atomic mass is 32.1. The standard InChI is InChI=1S/C17H26N4OS/c1-12-9-15(12)16(22)21-7-5-20(6-8-21)10-13-11-23-17(18-13)19(2)14-3-4-14/h11-12,14-15H,3-10H2,1-2H3/t12-,15-/m1/s1. The minimum atomic E-state index is 0.320. The fourth-order valence-electron chi connectivity index (χ4n) is 3.41. The van der Waals surface area contributed by atoms with Crippen LogP contribution in [0.25, 0.3) is 0 Å². The Bertz CT molecular complexity index is 577. The Labute approximate surface area is 142 Å². The van der Waals surface area contributed by atoms with E-state index in [0.29, 0.717) is 23.8 Å². The first-order valence-electron chi connectivity index (χ1n) is 8.80. The van der Waals surface area contributed by atoms with Crippen molar-refractivity contribution >= 4 is 22.4 Å². The van der Waals surface area contributed by atoms with Crippen LogP contribution in [0.2, 0.25) is 0 Å². The van der Waals surface area contributed by atoms with Crippen LogP contribution in [0.1, 0.15) is 31.9 Å². The van der Waals surface area contributed by atoms with E-state index in [4.69, 9.17) is 4.98 Å². The Kier molecular flexibility index (Phi) is 4.05. The molecule has 3 aliphatic rings. The molecule has 2 aliphatic carbocycles. The van der Waals surface area contributed by atoms with Gasteiger partial charge in [0.05, 0.1) is 5.69 Å². The number of hydrogen-bond acceptors (Lipinski definition) is 5. The smallest absolute Gasteiger partial charge is 0.226 e. The predicted molar refractivity (Wildman–Crippen MR) is 92.7 cm³/mol. The summed E-state index contributed by atoms with van der Waals surface area (Å²) >= 11 is 1.76. The van der Waals surface area contributed by atoms with Crippen LogP contribution in [0.4, 0.5) is 5.13 Å². The summed E-state index contributed by atoms with van der Waals surface area (Å²) in [6, 6.07) is 0.716. The largest absolute Gasteiger partial charge is 0.348 e. The number of amides is 1. The lowest BCUT2D eigenvalue weighted by molar-refractivity contribution is -0.134. The molecule has 1 aromatic heterocycles. The Hall–Kier alpha value is -1.14. The molecule has 1 saturated heterocycles. The lowest BCUT2D eigenvalue weighted by atomic mass is 10.2. The molecule has 0 N–H and O–H groups in total. The van der Waals surface area contributed by atoms with Gasteiger partial charge in [-0.25, -0.2) is 4.98 Å². The van der Waals surface area contributed by atoms with Gasteiger partial charge in [0.15, 0.2) is 5.13 Å². The molecule has 126 valence electrons. The van der Waals surface area contributed by atoms with Crippen LogP contribution in [0.3, 0.4) is 0 Å². The quantitative estimate of drug-likeness (QED) is 0.826. The first-order valence-corrected chi connectivity index (χ1v) is 9.68. The molecule has 1 aromatic rings. The number of aromatic nitrogens is 1. The van der Waals surface area contributed by atoms with Crippen LogP contribution in [0.15, 0.2) is 5.38 Å². The van der Waals surface area contributed by atoms with Crippen molar-refractivity contribution in [3.05, 3.63) is 11.1 Å². The van der Waals surface area contributed by atoms with E-state index in [2.05, 4.69) is 34.1 Å². The van der Waals surface area contributed by atoms with Crippen molar-refractivity contribution in [2.75, 3.05) is 38.1 Å². The molecule has 0 radical (unpaired) electrons. The third kappa shape index (κ3) is 3.38. The van der Waals surface area contributed by atoms with E-state index in [1.807, 2.05) is 0 Å². The molecule has 1 amide bonds. The number of hydrogen-bond donors (Lipinski definition) is 0. The average molecular weight is 334 g/mol. The summed E-state index contributed by atoms with van der Waals surface area (Å²) in [4.78, 5) is 23.9. The summed E-state index contributed by atoms with van der Waals surface area (Å²) < 4.78 is 0. The molecule has 3 fully saturated rings. The highest BCUT2D eigenvalue weighted by Gasteiger charge is 2.41. The Morgan fingerprint density at radius 1 is 1.35 bits per heavy atom. The first kappa shape index (κ1) is 15.4. The van der Waals surface area contributed by atoms with E-state index >= 15 is 0 Å². The van der Waals surface area contributed by atoms with E-state index in [9.17, 15) is 4.79 Å². The van der Waals surface area contributed by atoms with Gasteiger partial charge in [0.1, 0.15) is 0 Å². The minimum absolute atomic E-state index is 0.320. The normalized spacial score (nSPS) is 28.0. The molecule has 0 bridgehead atoms. The summed E-state index contributed by atoms with van der Waals surface area (Å²) in [5.74, 6) is 1.32. The third-order valence-electron chi connectivity index (χ3n) is 5.43. The lowest BCUT2D eigenvalue weighted by Crippen LogP contribution is -2.48. The van der Waals surface area contributed by atoms with Crippen molar-refractivity contribution in [2.45, 2.75) is 38.8 Å². The van der Waals surface area contributed by atoms with E-state index in [-0.39, 0.29) is 0 Å². The van der Waals surface area contributed by atoms with Gasteiger partial charge in [-0.2, -0.15) is 0 Å². The number of rotatable bonds is 5. The number of thiazole rings is 1. The number of carbonyl (C=O) groups is 1. The predicted octanol–water partition coefficient (Wildman–Crippen LogP) is 2.04. The van der Waals surface area contributed by atoms with Gasteiger partial charge < -0.3 is 9.80 Å². The van der Waals surface area contributed by atoms with Crippen molar-refractivity contribution in [2.24, 2.45) is 11.8 Å². The highest BCUT2D eigenvalue weighted by Crippen LogP contribution is 2.39. The molecule has 2 atom stereocenters. The number of anilines is 1. The summed E-state index contributed by atoms with van der Waals surface area (Å²) in [6.07, 6.45) is 3.71. The number of carbonyl (C=O) groups excluding carboxylic acids is 1. The van der Waals surface area contributed by atoms with Crippen molar-refractivity contribution in [3.63, 3.8) is 0 Å². The molecule has 5 nitrogen and oxygen atoms in total. The van der Waals surface area contributed by atoms with Crippen LogP contribution in [0, 0.1) is 11.8 Å². The molecular weight excluding hydrogens is 308 g/mol. The van der Waals surface area contributed by atoms with Gasteiger partial charge in [0, 0.05) is 57.1 Å². The van der Waals surface area contributed by atoms with Gasteiger partial charge in [-0.3, -0.25) is 9.69 Å². The van der Waals surface area contributed by atoms with Crippen LogP contribution < -0.4 is 4.90 Å². The maximum Gasteiger partial charge on any atom is 0.226 e. The van der Waals surface area contributed by atoms with E-state index in [1.165, 1.54) is 18.5 Å². The Morgan fingerprint density at radius 3 is 2.65 bits per heavy atom. The average Bonchev–Trinajstić information content (AvgIpc) is 3.47. The second kappa shape index (κ2) is 6.06. The van der Waals surface area contributed by atoms with Crippen molar-refractivity contribution in [1.29, 1.82) is 0 Å². The van der Waals surface area contributed by atoms with Crippen molar-refractivity contribution in [3.8, 4) is 0 Å².